The molecule has 6 nitrogen and oxygen atoms in total. The lowest BCUT2D eigenvalue weighted by molar-refractivity contribution is 0.158. The SMILES string of the molecule is C=C/C(C)=C(\N=C(/C)Nc1ccc(S(=C)(N)=O)cc1)NC1CCC(N2CCSCC2)CC1. The van der Waals surface area contributed by atoms with Crippen LogP contribution >= 0.6 is 11.8 Å². The van der Waals surface area contributed by atoms with Crippen LogP contribution in [-0.4, -0.2) is 57.5 Å². The maximum absolute atomic E-state index is 11.9. The van der Waals surface area contributed by atoms with E-state index in [2.05, 4.69) is 39.7 Å². The van der Waals surface area contributed by atoms with E-state index in [1.807, 2.05) is 32.1 Å². The highest BCUT2D eigenvalue weighted by atomic mass is 32.2. The van der Waals surface area contributed by atoms with Crippen LogP contribution in [0.3, 0.4) is 0 Å². The highest BCUT2D eigenvalue weighted by Gasteiger charge is 2.27. The minimum Gasteiger partial charge on any atom is -0.367 e. The number of nitrogens with two attached hydrogens (primary N) is 1. The average molecular weight is 476 g/mol. The number of hydrogen-bond acceptors (Lipinski definition) is 5. The molecule has 1 saturated carbocycles. The summed E-state index contributed by atoms with van der Waals surface area (Å²) in [6, 6.07) is 8.30. The van der Waals surface area contributed by atoms with E-state index < -0.39 is 9.71 Å². The summed E-state index contributed by atoms with van der Waals surface area (Å²) in [4.78, 5) is 8.03. The van der Waals surface area contributed by atoms with E-state index in [4.69, 9.17) is 10.1 Å². The lowest BCUT2D eigenvalue weighted by Gasteiger charge is -2.39. The summed E-state index contributed by atoms with van der Waals surface area (Å²) in [7, 11) is -2.70. The van der Waals surface area contributed by atoms with Gasteiger partial charge in [-0.05, 0) is 75.2 Å². The van der Waals surface area contributed by atoms with E-state index in [1.165, 1.54) is 37.4 Å². The molecule has 1 aromatic carbocycles. The lowest BCUT2D eigenvalue weighted by atomic mass is 9.90. The molecule has 1 aliphatic carbocycles. The van der Waals surface area contributed by atoms with Gasteiger partial charge < -0.3 is 10.6 Å². The summed E-state index contributed by atoms with van der Waals surface area (Å²) in [5.41, 5.74) is 1.88. The van der Waals surface area contributed by atoms with E-state index >= 15 is 0 Å². The number of allylic oxidation sites excluding steroid dienone is 2. The van der Waals surface area contributed by atoms with Crippen LogP contribution in [0.1, 0.15) is 39.5 Å². The van der Waals surface area contributed by atoms with Gasteiger partial charge in [0.25, 0.3) is 0 Å². The van der Waals surface area contributed by atoms with Crippen molar-refractivity contribution in [3.05, 3.63) is 48.3 Å². The van der Waals surface area contributed by atoms with Crippen molar-refractivity contribution in [1.29, 1.82) is 0 Å². The number of hydrogen-bond donors (Lipinski definition) is 3. The van der Waals surface area contributed by atoms with Crippen LogP contribution < -0.4 is 15.8 Å². The molecule has 1 saturated heterocycles. The van der Waals surface area contributed by atoms with E-state index in [0.29, 0.717) is 10.9 Å². The molecule has 1 atom stereocenters. The number of nitrogens with zero attached hydrogens (tertiary/aromatic N) is 2. The van der Waals surface area contributed by atoms with Crippen LogP contribution in [0.4, 0.5) is 5.69 Å². The zero-order valence-corrected chi connectivity index (χ0v) is 20.9. The predicted octanol–water partition coefficient (Wildman–Crippen LogP) is 3.83. The number of anilines is 1. The van der Waals surface area contributed by atoms with Gasteiger partial charge in [0.2, 0.25) is 0 Å². The van der Waals surface area contributed by atoms with Crippen LogP contribution in [0.5, 0.6) is 0 Å². The molecule has 0 bridgehead atoms. The first kappa shape index (κ1) is 24.9. The zero-order valence-electron chi connectivity index (χ0n) is 19.3. The molecule has 0 amide bonds. The van der Waals surface area contributed by atoms with Gasteiger partial charge in [0.15, 0.2) is 0 Å². The second-order valence-electron chi connectivity index (χ2n) is 8.61. The summed E-state index contributed by atoms with van der Waals surface area (Å²) < 4.78 is 11.9. The molecule has 1 unspecified atom stereocenters. The molecule has 1 heterocycles. The highest BCUT2D eigenvalue weighted by Crippen LogP contribution is 2.26. The van der Waals surface area contributed by atoms with Gasteiger partial charge in [0.1, 0.15) is 11.7 Å². The number of rotatable bonds is 7. The zero-order chi connectivity index (χ0) is 23.1. The van der Waals surface area contributed by atoms with Crippen molar-refractivity contribution in [2.45, 2.75) is 56.5 Å². The molecule has 8 heteroatoms. The molecule has 4 N–H and O–H groups in total. The Morgan fingerprint density at radius 3 is 2.38 bits per heavy atom. The molecule has 32 heavy (non-hydrogen) atoms. The van der Waals surface area contributed by atoms with E-state index in [1.54, 1.807) is 12.1 Å². The Morgan fingerprint density at radius 1 is 1.19 bits per heavy atom. The maximum Gasteiger partial charge on any atom is 0.131 e. The van der Waals surface area contributed by atoms with Crippen LogP contribution in [0.2, 0.25) is 0 Å². The van der Waals surface area contributed by atoms with E-state index in [-0.39, 0.29) is 0 Å². The molecular weight excluding hydrogens is 438 g/mol. The quantitative estimate of drug-likeness (QED) is 0.242. The Labute approximate surface area is 198 Å². The summed E-state index contributed by atoms with van der Waals surface area (Å²) in [5, 5.41) is 12.6. The third kappa shape index (κ3) is 7.13. The lowest BCUT2D eigenvalue weighted by Crippen LogP contribution is -2.45. The van der Waals surface area contributed by atoms with E-state index in [9.17, 15) is 4.21 Å². The Hall–Kier alpha value is -1.74. The Kier molecular flexibility index (Phi) is 8.87. The molecule has 1 aliphatic heterocycles. The Morgan fingerprint density at radius 2 is 1.81 bits per heavy atom. The number of aliphatic imine (C=N–C) groups is 1. The highest BCUT2D eigenvalue weighted by molar-refractivity contribution is 7.99. The monoisotopic (exact) mass is 475 g/mol. The molecule has 1 aromatic rings. The molecular formula is C24H37N5OS2. The first-order chi connectivity index (χ1) is 15.3. The fourth-order valence-corrected chi connectivity index (χ4v) is 5.75. The molecule has 2 aliphatic rings. The van der Waals surface area contributed by atoms with Gasteiger partial charge in [-0.1, -0.05) is 12.7 Å². The Bertz CT molecular complexity index is 939. The summed E-state index contributed by atoms with van der Waals surface area (Å²) in [5.74, 6) is 7.69. The van der Waals surface area contributed by atoms with Crippen LogP contribution in [0, 0.1) is 0 Å². The van der Waals surface area contributed by atoms with Crippen molar-refractivity contribution >= 4 is 38.9 Å². The van der Waals surface area contributed by atoms with Crippen molar-refractivity contribution < 1.29 is 4.21 Å². The summed E-state index contributed by atoms with van der Waals surface area (Å²) in [6.45, 7) is 10.4. The first-order valence-electron chi connectivity index (χ1n) is 11.3. The van der Waals surface area contributed by atoms with Crippen molar-refractivity contribution in [3.8, 4) is 0 Å². The van der Waals surface area contributed by atoms with Gasteiger partial charge in [0.05, 0.1) is 9.71 Å². The molecule has 0 radical (unpaired) electrons. The normalized spacial score (nSPS) is 25.4. The molecule has 0 spiro atoms. The molecule has 2 fully saturated rings. The minimum atomic E-state index is -2.70. The van der Waals surface area contributed by atoms with E-state index in [0.717, 1.165) is 41.8 Å². The number of thioether (sulfide) groups is 1. The fourth-order valence-electron chi connectivity index (χ4n) is 4.23. The number of nitrogens with one attached hydrogen (secondary N) is 2. The predicted molar refractivity (Wildman–Crippen MR) is 142 cm³/mol. The Balaban J connectivity index is 1.60. The van der Waals surface area contributed by atoms with Gasteiger partial charge in [-0.15, -0.1) is 0 Å². The van der Waals surface area contributed by atoms with Gasteiger partial charge >= 0.3 is 0 Å². The first-order valence-corrected chi connectivity index (χ1v) is 14.2. The second kappa shape index (κ2) is 11.4. The minimum absolute atomic E-state index is 0.431. The number of amidine groups is 1. The second-order valence-corrected chi connectivity index (χ2v) is 11.8. The molecule has 0 aromatic heterocycles. The third-order valence-corrected chi connectivity index (χ3v) is 8.15. The standard InChI is InChI=1S/C24H37N5OS2/c1-5-18(2)24(27-19(3)26-20-8-12-23(13-9-20)32(4,25)30)28-21-6-10-22(11-7-21)29-14-16-31-17-15-29/h5,8-9,12-13,21-22,28H,1,4,6-7,10-11,14-17H2,2-3H3,(H2,25,30)(H,26,27)/b24-18+. The third-order valence-electron chi connectivity index (χ3n) is 6.14. The number of benzene rings is 1. The topological polar surface area (TPSA) is 82.7 Å². The van der Waals surface area contributed by atoms with Crippen LogP contribution in [0.25, 0.3) is 0 Å². The van der Waals surface area contributed by atoms with Gasteiger partial charge in [-0.25, -0.2) is 9.20 Å². The summed E-state index contributed by atoms with van der Waals surface area (Å²) in [6.07, 6.45) is 6.65. The van der Waals surface area contributed by atoms with Crippen molar-refractivity contribution in [2.75, 3.05) is 29.9 Å². The molecule has 3 rings (SSSR count). The van der Waals surface area contributed by atoms with Gasteiger partial charge in [0, 0.05) is 47.3 Å². The maximum atomic E-state index is 11.9. The van der Waals surface area contributed by atoms with Crippen molar-refractivity contribution in [2.24, 2.45) is 10.1 Å². The van der Waals surface area contributed by atoms with Crippen LogP contribution in [0.15, 0.2) is 58.2 Å². The van der Waals surface area contributed by atoms with Crippen molar-refractivity contribution in [1.82, 2.24) is 10.2 Å². The van der Waals surface area contributed by atoms with Gasteiger partial charge in [-0.3, -0.25) is 10.0 Å². The van der Waals surface area contributed by atoms with Gasteiger partial charge in [-0.2, -0.15) is 11.8 Å². The fraction of sp³-hybridized carbons (Fsp3) is 0.500. The largest absolute Gasteiger partial charge is 0.367 e. The smallest absolute Gasteiger partial charge is 0.131 e. The van der Waals surface area contributed by atoms with Crippen molar-refractivity contribution in [3.63, 3.8) is 0 Å². The average Bonchev–Trinajstić information content (AvgIpc) is 2.79. The van der Waals surface area contributed by atoms with Crippen LogP contribution in [-0.2, 0) is 9.71 Å². The summed E-state index contributed by atoms with van der Waals surface area (Å²) >= 11 is 2.07. The molecule has 176 valence electrons.